The topological polar surface area (TPSA) is 66.4 Å². The van der Waals surface area contributed by atoms with Crippen molar-refractivity contribution in [3.05, 3.63) is 27.7 Å². The molecule has 2 N–H and O–H groups in total. The predicted molar refractivity (Wildman–Crippen MR) is 85.4 cm³/mol. The predicted octanol–water partition coefficient (Wildman–Crippen LogP) is 4.18. The van der Waals surface area contributed by atoms with Gasteiger partial charge in [0.05, 0.1) is 27.0 Å². The molecule has 1 aromatic rings. The van der Waals surface area contributed by atoms with Gasteiger partial charge >= 0.3 is 5.97 Å². The summed E-state index contributed by atoms with van der Waals surface area (Å²) in [5.74, 6) is -1.94. The van der Waals surface area contributed by atoms with E-state index in [1.807, 2.05) is 6.92 Å². The van der Waals surface area contributed by atoms with E-state index >= 15 is 0 Å². The molecule has 0 heterocycles. The van der Waals surface area contributed by atoms with Crippen LogP contribution in [0.25, 0.3) is 0 Å². The molecule has 2 rings (SSSR count). The van der Waals surface area contributed by atoms with Crippen LogP contribution >= 0.6 is 27.5 Å². The van der Waals surface area contributed by atoms with Crippen LogP contribution in [0.15, 0.2) is 22.7 Å². The molecule has 114 valence electrons. The molecule has 0 aromatic heterocycles. The highest BCUT2D eigenvalue weighted by Crippen LogP contribution is 2.39. The average Bonchev–Trinajstić information content (AvgIpc) is 2.88. The van der Waals surface area contributed by atoms with Crippen molar-refractivity contribution < 1.29 is 14.7 Å². The van der Waals surface area contributed by atoms with Gasteiger partial charge < -0.3 is 10.4 Å². The van der Waals surface area contributed by atoms with Crippen molar-refractivity contribution in [3.8, 4) is 0 Å². The fourth-order valence-corrected chi connectivity index (χ4v) is 3.40. The van der Waals surface area contributed by atoms with Gasteiger partial charge in [-0.2, -0.15) is 0 Å². The maximum absolute atomic E-state index is 12.4. The van der Waals surface area contributed by atoms with Gasteiger partial charge in [-0.25, -0.2) is 0 Å². The van der Waals surface area contributed by atoms with Gasteiger partial charge in [-0.1, -0.05) is 31.0 Å². The van der Waals surface area contributed by atoms with Crippen LogP contribution in [0.2, 0.25) is 5.02 Å². The van der Waals surface area contributed by atoms with E-state index in [2.05, 4.69) is 21.2 Å². The number of hydrogen-bond acceptors (Lipinski definition) is 2. The molecule has 1 fully saturated rings. The van der Waals surface area contributed by atoms with E-state index in [1.54, 1.807) is 18.2 Å². The van der Waals surface area contributed by atoms with E-state index in [1.165, 1.54) is 0 Å². The summed E-state index contributed by atoms with van der Waals surface area (Å²) < 4.78 is 0.608. The number of carbonyl (C=O) groups is 2. The molecule has 3 atom stereocenters. The first-order valence-electron chi connectivity index (χ1n) is 6.91. The minimum Gasteiger partial charge on any atom is -0.481 e. The largest absolute Gasteiger partial charge is 0.481 e. The third-order valence-electron chi connectivity index (χ3n) is 4.10. The molecular formula is C15H17BrClNO3. The highest BCUT2D eigenvalue weighted by atomic mass is 79.9. The summed E-state index contributed by atoms with van der Waals surface area (Å²) in [6.07, 6.45) is 2.09. The number of nitrogens with one attached hydrogen (secondary N) is 1. The summed E-state index contributed by atoms with van der Waals surface area (Å²) >= 11 is 9.31. The Bertz CT molecular complexity index is 564. The SMILES string of the molecule is CCC1CC(C(=O)O)C(C(=O)Nc2cccc(Cl)c2Br)C1. The lowest BCUT2D eigenvalue weighted by atomic mass is 9.95. The van der Waals surface area contributed by atoms with E-state index in [0.29, 0.717) is 33.9 Å². The van der Waals surface area contributed by atoms with E-state index < -0.39 is 17.8 Å². The van der Waals surface area contributed by atoms with E-state index in [0.717, 1.165) is 6.42 Å². The molecule has 0 saturated heterocycles. The van der Waals surface area contributed by atoms with E-state index in [4.69, 9.17) is 11.6 Å². The first-order valence-corrected chi connectivity index (χ1v) is 8.08. The van der Waals surface area contributed by atoms with Crippen LogP contribution in [0.3, 0.4) is 0 Å². The van der Waals surface area contributed by atoms with Crippen LogP contribution in [0.4, 0.5) is 5.69 Å². The van der Waals surface area contributed by atoms with Gasteiger partial charge in [0.15, 0.2) is 0 Å². The monoisotopic (exact) mass is 373 g/mol. The number of anilines is 1. The minimum absolute atomic E-state index is 0.249. The lowest BCUT2D eigenvalue weighted by Gasteiger charge is -2.16. The Morgan fingerprint density at radius 2 is 2.05 bits per heavy atom. The third kappa shape index (κ3) is 3.58. The Kier molecular flexibility index (Phi) is 5.27. The second kappa shape index (κ2) is 6.79. The molecule has 1 saturated carbocycles. The molecule has 0 bridgehead atoms. The highest BCUT2D eigenvalue weighted by molar-refractivity contribution is 9.10. The number of halogens is 2. The number of carboxylic acid groups (broad SMARTS) is 1. The average molecular weight is 375 g/mol. The van der Waals surface area contributed by atoms with Crippen molar-refractivity contribution in [2.24, 2.45) is 17.8 Å². The highest BCUT2D eigenvalue weighted by Gasteiger charge is 2.42. The molecule has 0 spiro atoms. The Hall–Kier alpha value is -1.07. The van der Waals surface area contributed by atoms with Crippen LogP contribution < -0.4 is 5.32 Å². The van der Waals surface area contributed by atoms with E-state index in [9.17, 15) is 14.7 Å². The quantitative estimate of drug-likeness (QED) is 0.831. The number of carboxylic acids is 1. The van der Waals surface area contributed by atoms with Crippen molar-refractivity contribution in [2.75, 3.05) is 5.32 Å². The van der Waals surface area contributed by atoms with Gasteiger partial charge in [0.2, 0.25) is 5.91 Å². The van der Waals surface area contributed by atoms with Crippen molar-refractivity contribution >= 4 is 45.1 Å². The van der Waals surface area contributed by atoms with Crippen LogP contribution in [0.1, 0.15) is 26.2 Å². The standard InChI is InChI=1S/C15H17BrClNO3/c1-2-8-6-9(10(7-8)15(20)21)14(19)18-12-5-3-4-11(17)13(12)16/h3-5,8-10H,2,6-7H2,1H3,(H,18,19)(H,20,21). The first-order chi connectivity index (χ1) is 9.93. The Morgan fingerprint density at radius 1 is 1.38 bits per heavy atom. The molecule has 21 heavy (non-hydrogen) atoms. The fourth-order valence-electron chi connectivity index (χ4n) is 2.86. The van der Waals surface area contributed by atoms with Crippen LogP contribution in [0.5, 0.6) is 0 Å². The van der Waals surface area contributed by atoms with Gasteiger partial charge in [0, 0.05) is 0 Å². The molecule has 4 nitrogen and oxygen atoms in total. The number of amides is 1. The maximum Gasteiger partial charge on any atom is 0.307 e. The van der Waals surface area contributed by atoms with Gasteiger partial charge in [0.25, 0.3) is 0 Å². The Morgan fingerprint density at radius 3 is 2.67 bits per heavy atom. The summed E-state index contributed by atoms with van der Waals surface area (Å²) in [6, 6.07) is 5.18. The van der Waals surface area contributed by atoms with E-state index in [-0.39, 0.29) is 5.91 Å². The van der Waals surface area contributed by atoms with Crippen molar-refractivity contribution in [1.82, 2.24) is 0 Å². The second-order valence-electron chi connectivity index (χ2n) is 5.39. The van der Waals surface area contributed by atoms with Gasteiger partial charge in [-0.3, -0.25) is 9.59 Å². The number of benzene rings is 1. The molecule has 1 aliphatic rings. The number of rotatable bonds is 4. The van der Waals surface area contributed by atoms with Crippen LogP contribution in [-0.2, 0) is 9.59 Å². The zero-order valence-corrected chi connectivity index (χ0v) is 13.9. The molecular weight excluding hydrogens is 358 g/mol. The van der Waals surface area contributed by atoms with Crippen molar-refractivity contribution in [2.45, 2.75) is 26.2 Å². The Balaban J connectivity index is 2.15. The molecule has 3 unspecified atom stereocenters. The molecule has 1 aromatic carbocycles. The zero-order valence-electron chi connectivity index (χ0n) is 11.6. The fraction of sp³-hybridized carbons (Fsp3) is 0.467. The summed E-state index contributed by atoms with van der Waals surface area (Å²) in [7, 11) is 0. The van der Waals surface area contributed by atoms with Gasteiger partial charge in [-0.15, -0.1) is 0 Å². The maximum atomic E-state index is 12.4. The number of aliphatic carboxylic acids is 1. The Labute approximate surface area is 137 Å². The summed E-state index contributed by atoms with van der Waals surface area (Å²) in [4.78, 5) is 23.8. The molecule has 1 aliphatic carbocycles. The smallest absolute Gasteiger partial charge is 0.307 e. The second-order valence-corrected chi connectivity index (χ2v) is 6.59. The van der Waals surface area contributed by atoms with Gasteiger partial charge in [-0.05, 0) is 46.8 Å². The summed E-state index contributed by atoms with van der Waals surface area (Å²) in [5.41, 5.74) is 0.566. The third-order valence-corrected chi connectivity index (χ3v) is 5.50. The van der Waals surface area contributed by atoms with Crippen LogP contribution in [0, 0.1) is 17.8 Å². The minimum atomic E-state index is -0.892. The molecule has 1 amide bonds. The van der Waals surface area contributed by atoms with Crippen molar-refractivity contribution in [3.63, 3.8) is 0 Å². The number of carbonyl (C=O) groups excluding carboxylic acids is 1. The first kappa shape index (κ1) is 16.3. The summed E-state index contributed by atoms with van der Waals surface area (Å²) in [6.45, 7) is 2.03. The lowest BCUT2D eigenvalue weighted by molar-refractivity contribution is -0.145. The molecule has 0 aliphatic heterocycles. The normalized spacial score (nSPS) is 24.8. The zero-order chi connectivity index (χ0) is 15.6. The van der Waals surface area contributed by atoms with Crippen molar-refractivity contribution in [1.29, 1.82) is 0 Å². The summed E-state index contributed by atoms with van der Waals surface area (Å²) in [5, 5.41) is 12.6. The molecule has 0 radical (unpaired) electrons. The number of hydrogen-bond donors (Lipinski definition) is 2. The molecule has 6 heteroatoms. The van der Waals surface area contributed by atoms with Crippen LogP contribution in [-0.4, -0.2) is 17.0 Å². The lowest BCUT2D eigenvalue weighted by Crippen LogP contribution is -2.30. The van der Waals surface area contributed by atoms with Gasteiger partial charge in [0.1, 0.15) is 0 Å².